The van der Waals surface area contributed by atoms with E-state index in [2.05, 4.69) is 18.8 Å². The van der Waals surface area contributed by atoms with Gasteiger partial charge in [-0.05, 0) is 66.8 Å². The van der Waals surface area contributed by atoms with Gasteiger partial charge in [0.15, 0.2) is 23.2 Å². The van der Waals surface area contributed by atoms with Crippen molar-refractivity contribution in [3.63, 3.8) is 0 Å². The van der Waals surface area contributed by atoms with Crippen LogP contribution in [-0.4, -0.2) is 6.61 Å². The van der Waals surface area contributed by atoms with Crippen LogP contribution >= 0.6 is 0 Å². The molecule has 160 valence electrons. The third kappa shape index (κ3) is 5.70. The van der Waals surface area contributed by atoms with Crippen molar-refractivity contribution in [3.8, 4) is 28.7 Å². The van der Waals surface area contributed by atoms with Gasteiger partial charge in [0, 0.05) is 5.56 Å². The van der Waals surface area contributed by atoms with Crippen molar-refractivity contribution in [2.75, 3.05) is 6.61 Å². The first kappa shape index (κ1) is 22.5. The zero-order valence-corrected chi connectivity index (χ0v) is 17.8. The van der Waals surface area contributed by atoms with E-state index in [1.807, 2.05) is 12.1 Å². The van der Waals surface area contributed by atoms with Gasteiger partial charge < -0.3 is 4.74 Å². The molecule has 0 aliphatic carbocycles. The molecule has 31 heavy (non-hydrogen) atoms. The van der Waals surface area contributed by atoms with Crippen molar-refractivity contribution in [3.05, 3.63) is 88.7 Å². The van der Waals surface area contributed by atoms with Crippen LogP contribution in [0.4, 0.5) is 13.2 Å². The SMILES string of the molecule is CCCCCc1ccc(C#Cc2ccc(-c3ccc(OCC)c(F)c3)cc2)c(F)c1F. The van der Waals surface area contributed by atoms with Crippen molar-refractivity contribution < 1.29 is 17.9 Å². The number of unbranched alkanes of at least 4 members (excludes halogenated alkanes) is 2. The number of aryl methyl sites for hydroxylation is 1. The molecule has 3 rings (SSSR count). The van der Waals surface area contributed by atoms with E-state index in [9.17, 15) is 13.2 Å². The van der Waals surface area contributed by atoms with E-state index >= 15 is 0 Å². The van der Waals surface area contributed by atoms with Gasteiger partial charge in [0.2, 0.25) is 0 Å². The van der Waals surface area contributed by atoms with Crippen molar-refractivity contribution >= 4 is 0 Å². The highest BCUT2D eigenvalue weighted by atomic mass is 19.2. The Morgan fingerprint density at radius 2 is 1.52 bits per heavy atom. The topological polar surface area (TPSA) is 9.23 Å². The molecule has 0 amide bonds. The summed E-state index contributed by atoms with van der Waals surface area (Å²) in [5.41, 5.74) is 2.62. The average Bonchev–Trinajstić information content (AvgIpc) is 2.78. The Balaban J connectivity index is 1.75. The fourth-order valence-corrected chi connectivity index (χ4v) is 3.28. The van der Waals surface area contributed by atoms with Crippen LogP contribution in [0.2, 0.25) is 0 Å². The molecule has 0 saturated heterocycles. The van der Waals surface area contributed by atoms with E-state index in [1.165, 1.54) is 12.1 Å². The minimum atomic E-state index is -0.900. The van der Waals surface area contributed by atoms with Crippen molar-refractivity contribution in [2.24, 2.45) is 0 Å². The normalized spacial score (nSPS) is 10.5. The molecule has 0 aromatic heterocycles. The minimum absolute atomic E-state index is 0.0365. The first-order valence-electron chi connectivity index (χ1n) is 10.5. The number of rotatable bonds is 7. The minimum Gasteiger partial charge on any atom is -0.491 e. The molecular formula is C27H25F3O. The second kappa shape index (κ2) is 10.7. The molecule has 0 saturated carbocycles. The highest BCUT2D eigenvalue weighted by Crippen LogP contribution is 2.26. The zero-order valence-electron chi connectivity index (χ0n) is 17.8. The second-order valence-corrected chi connectivity index (χ2v) is 7.26. The van der Waals surface area contributed by atoms with Gasteiger partial charge in [0.1, 0.15) is 0 Å². The molecule has 0 spiro atoms. The first-order chi connectivity index (χ1) is 15.0. The van der Waals surface area contributed by atoms with Gasteiger partial charge >= 0.3 is 0 Å². The van der Waals surface area contributed by atoms with E-state index in [-0.39, 0.29) is 11.3 Å². The van der Waals surface area contributed by atoms with Crippen LogP contribution in [0.1, 0.15) is 49.8 Å². The molecule has 0 heterocycles. The predicted molar refractivity (Wildman–Crippen MR) is 119 cm³/mol. The molecule has 0 bridgehead atoms. The van der Waals surface area contributed by atoms with Crippen LogP contribution in [0.25, 0.3) is 11.1 Å². The Labute approximate surface area is 181 Å². The summed E-state index contributed by atoms with van der Waals surface area (Å²) >= 11 is 0. The second-order valence-electron chi connectivity index (χ2n) is 7.26. The van der Waals surface area contributed by atoms with E-state index < -0.39 is 17.5 Å². The summed E-state index contributed by atoms with van der Waals surface area (Å²) in [4.78, 5) is 0. The van der Waals surface area contributed by atoms with Crippen molar-refractivity contribution in [2.45, 2.75) is 39.5 Å². The number of halogens is 3. The van der Waals surface area contributed by atoms with Gasteiger partial charge in [-0.15, -0.1) is 0 Å². The average molecular weight is 422 g/mol. The molecule has 0 aliphatic rings. The van der Waals surface area contributed by atoms with Crippen LogP contribution in [-0.2, 0) is 6.42 Å². The smallest absolute Gasteiger partial charge is 0.174 e. The molecule has 3 aromatic rings. The fourth-order valence-electron chi connectivity index (χ4n) is 3.28. The monoisotopic (exact) mass is 422 g/mol. The molecule has 0 unspecified atom stereocenters. The summed E-state index contributed by atoms with van der Waals surface area (Å²) in [5, 5.41) is 0. The number of hydrogen-bond acceptors (Lipinski definition) is 1. The molecule has 0 aliphatic heterocycles. The van der Waals surface area contributed by atoms with Crippen LogP contribution < -0.4 is 4.74 Å². The summed E-state index contributed by atoms with van der Waals surface area (Å²) in [7, 11) is 0. The highest BCUT2D eigenvalue weighted by Gasteiger charge is 2.12. The molecule has 0 N–H and O–H groups in total. The van der Waals surface area contributed by atoms with Crippen LogP contribution in [0.15, 0.2) is 54.6 Å². The zero-order chi connectivity index (χ0) is 22.2. The molecule has 0 radical (unpaired) electrons. The van der Waals surface area contributed by atoms with Crippen molar-refractivity contribution in [1.29, 1.82) is 0 Å². The van der Waals surface area contributed by atoms with Gasteiger partial charge in [0.25, 0.3) is 0 Å². The quantitative estimate of drug-likeness (QED) is 0.287. The Bertz CT molecular complexity index is 1090. The molecule has 3 aromatic carbocycles. The lowest BCUT2D eigenvalue weighted by Crippen LogP contribution is -1.98. The standard InChI is InChI=1S/C27H25F3O/c1-3-5-6-7-21-14-15-22(27(30)26(21)29)13-10-19-8-11-20(12-9-19)23-16-17-25(31-4-2)24(28)18-23/h8-9,11-12,14-18H,3-7H2,1-2H3. The lowest BCUT2D eigenvalue weighted by Gasteiger charge is -2.07. The predicted octanol–water partition coefficient (Wildman–Crippen LogP) is 7.30. The highest BCUT2D eigenvalue weighted by molar-refractivity contribution is 5.65. The summed E-state index contributed by atoms with van der Waals surface area (Å²) in [6, 6.07) is 15.1. The van der Waals surface area contributed by atoms with E-state index in [4.69, 9.17) is 4.74 Å². The third-order valence-corrected chi connectivity index (χ3v) is 5.00. The van der Waals surface area contributed by atoms with Crippen LogP contribution in [0, 0.1) is 29.3 Å². The molecule has 0 fully saturated rings. The fraction of sp³-hybridized carbons (Fsp3) is 0.259. The van der Waals surface area contributed by atoms with Gasteiger partial charge in [-0.25, -0.2) is 13.2 Å². The maximum absolute atomic E-state index is 14.4. The third-order valence-electron chi connectivity index (χ3n) is 5.00. The van der Waals surface area contributed by atoms with E-state index in [0.29, 0.717) is 29.7 Å². The molecule has 0 atom stereocenters. The molecular weight excluding hydrogens is 397 g/mol. The van der Waals surface area contributed by atoms with Crippen molar-refractivity contribution in [1.82, 2.24) is 0 Å². The molecule has 4 heteroatoms. The summed E-state index contributed by atoms with van der Waals surface area (Å²) in [6.07, 6.45) is 3.38. The van der Waals surface area contributed by atoms with Crippen LogP contribution in [0.3, 0.4) is 0 Å². The number of benzene rings is 3. The Hall–Kier alpha value is -3.19. The van der Waals surface area contributed by atoms with Gasteiger partial charge in [-0.3, -0.25) is 0 Å². The maximum Gasteiger partial charge on any atom is 0.174 e. The number of ether oxygens (including phenoxy) is 1. The summed E-state index contributed by atoms with van der Waals surface area (Å²) in [6.45, 7) is 4.27. The first-order valence-corrected chi connectivity index (χ1v) is 10.5. The number of hydrogen-bond donors (Lipinski definition) is 0. The Kier molecular flexibility index (Phi) is 7.78. The molecule has 1 nitrogen and oxygen atoms in total. The summed E-state index contributed by atoms with van der Waals surface area (Å²) < 4.78 is 47.9. The summed E-state index contributed by atoms with van der Waals surface area (Å²) in [5.74, 6) is 3.67. The van der Waals surface area contributed by atoms with Gasteiger partial charge in [-0.2, -0.15) is 0 Å². The lowest BCUT2D eigenvalue weighted by atomic mass is 10.0. The Morgan fingerprint density at radius 3 is 2.19 bits per heavy atom. The maximum atomic E-state index is 14.4. The van der Waals surface area contributed by atoms with E-state index in [1.54, 1.807) is 37.3 Å². The van der Waals surface area contributed by atoms with E-state index in [0.717, 1.165) is 24.8 Å². The van der Waals surface area contributed by atoms with Crippen LogP contribution in [0.5, 0.6) is 5.75 Å². The van der Waals surface area contributed by atoms with Gasteiger partial charge in [-0.1, -0.05) is 55.9 Å². The largest absolute Gasteiger partial charge is 0.491 e. The Morgan fingerprint density at radius 1 is 0.774 bits per heavy atom. The lowest BCUT2D eigenvalue weighted by molar-refractivity contribution is 0.321. The van der Waals surface area contributed by atoms with Gasteiger partial charge in [0.05, 0.1) is 12.2 Å².